The molecule has 0 spiro atoms. The van der Waals surface area contributed by atoms with Crippen LogP contribution in [0.25, 0.3) is 0 Å². The van der Waals surface area contributed by atoms with E-state index in [2.05, 4.69) is 19.2 Å². The number of carbonyl (C=O) groups excluding carboxylic acids is 1. The van der Waals surface area contributed by atoms with E-state index in [9.17, 15) is 4.79 Å². The van der Waals surface area contributed by atoms with E-state index in [1.807, 2.05) is 0 Å². The fraction of sp³-hybridized carbons (Fsp3) is 0.933. The molecule has 106 valence electrons. The smallest absolute Gasteiger partial charge is 0.220 e. The molecule has 0 unspecified atom stereocenters. The summed E-state index contributed by atoms with van der Waals surface area (Å²) in [5, 5.41) is 3.05. The largest absolute Gasteiger partial charge is 0.356 e. The third-order valence-corrected chi connectivity index (χ3v) is 4.20. The molecule has 0 heterocycles. The van der Waals surface area contributed by atoms with Crippen molar-refractivity contribution in [3.63, 3.8) is 0 Å². The summed E-state index contributed by atoms with van der Waals surface area (Å²) in [5.41, 5.74) is 5.76. The third-order valence-electron chi connectivity index (χ3n) is 4.20. The Morgan fingerprint density at radius 2 is 1.94 bits per heavy atom. The first-order valence-electron chi connectivity index (χ1n) is 7.50. The molecule has 1 saturated carbocycles. The molecule has 18 heavy (non-hydrogen) atoms. The van der Waals surface area contributed by atoms with Crippen molar-refractivity contribution in [2.75, 3.05) is 13.1 Å². The number of hydrogen-bond donors (Lipinski definition) is 2. The second-order valence-electron chi connectivity index (χ2n) is 6.49. The molecule has 0 aromatic rings. The van der Waals surface area contributed by atoms with Crippen LogP contribution in [0.5, 0.6) is 0 Å². The van der Waals surface area contributed by atoms with Crippen LogP contribution >= 0.6 is 0 Å². The first kappa shape index (κ1) is 15.5. The maximum Gasteiger partial charge on any atom is 0.220 e. The van der Waals surface area contributed by atoms with Crippen LogP contribution < -0.4 is 11.1 Å². The van der Waals surface area contributed by atoms with E-state index in [0.717, 1.165) is 31.7 Å². The molecule has 0 saturated heterocycles. The van der Waals surface area contributed by atoms with Gasteiger partial charge >= 0.3 is 0 Å². The van der Waals surface area contributed by atoms with Gasteiger partial charge in [-0.05, 0) is 37.1 Å². The van der Waals surface area contributed by atoms with Crippen LogP contribution in [0.3, 0.4) is 0 Å². The summed E-state index contributed by atoms with van der Waals surface area (Å²) in [5.74, 6) is 1.07. The fourth-order valence-electron chi connectivity index (χ4n) is 2.77. The number of nitrogens with one attached hydrogen (secondary N) is 1. The van der Waals surface area contributed by atoms with Crippen molar-refractivity contribution in [3.8, 4) is 0 Å². The number of nitrogens with two attached hydrogens (primary N) is 1. The molecule has 1 fully saturated rings. The summed E-state index contributed by atoms with van der Waals surface area (Å²) >= 11 is 0. The van der Waals surface area contributed by atoms with Crippen molar-refractivity contribution in [2.24, 2.45) is 17.1 Å². The normalized spacial score (nSPS) is 17.1. The van der Waals surface area contributed by atoms with Gasteiger partial charge in [-0.2, -0.15) is 0 Å². The summed E-state index contributed by atoms with van der Waals surface area (Å²) < 4.78 is 0. The summed E-state index contributed by atoms with van der Waals surface area (Å²) in [6.07, 6.45) is 9.20. The minimum atomic E-state index is 0.192. The van der Waals surface area contributed by atoms with Crippen LogP contribution in [0, 0.1) is 11.3 Å². The Balaban J connectivity index is 2.06. The highest BCUT2D eigenvalue weighted by Gasteiger charge is 2.18. The molecule has 1 rings (SSSR count). The molecule has 0 radical (unpaired) electrons. The van der Waals surface area contributed by atoms with E-state index in [1.165, 1.54) is 25.7 Å². The first-order chi connectivity index (χ1) is 8.53. The minimum Gasteiger partial charge on any atom is -0.356 e. The molecule has 0 bridgehead atoms. The lowest BCUT2D eigenvalue weighted by Crippen LogP contribution is -2.27. The van der Waals surface area contributed by atoms with Gasteiger partial charge in [0.05, 0.1) is 0 Å². The van der Waals surface area contributed by atoms with E-state index in [1.54, 1.807) is 0 Å². The molecule has 0 aromatic heterocycles. The predicted molar refractivity (Wildman–Crippen MR) is 76.3 cm³/mol. The number of rotatable bonds is 8. The van der Waals surface area contributed by atoms with Crippen LogP contribution in [-0.2, 0) is 4.79 Å². The van der Waals surface area contributed by atoms with Gasteiger partial charge in [-0.3, -0.25) is 4.79 Å². The van der Waals surface area contributed by atoms with Gasteiger partial charge in [0.15, 0.2) is 0 Å². The Bertz CT molecular complexity index is 245. The molecule has 0 aliphatic heterocycles. The summed E-state index contributed by atoms with van der Waals surface area (Å²) in [6.45, 7) is 5.94. The Morgan fingerprint density at radius 3 is 2.56 bits per heavy atom. The van der Waals surface area contributed by atoms with Crippen molar-refractivity contribution < 1.29 is 4.79 Å². The second-order valence-corrected chi connectivity index (χ2v) is 6.49. The molecular weight excluding hydrogens is 224 g/mol. The third kappa shape index (κ3) is 6.39. The van der Waals surface area contributed by atoms with Gasteiger partial charge in [0.1, 0.15) is 0 Å². The SMILES string of the molecule is CC(C)(CCN)CCC(=O)NCCC1CCCC1. The molecule has 3 N–H and O–H groups in total. The molecule has 0 aromatic carbocycles. The lowest BCUT2D eigenvalue weighted by molar-refractivity contribution is -0.121. The molecule has 0 atom stereocenters. The minimum absolute atomic E-state index is 0.192. The second kappa shape index (κ2) is 7.78. The number of hydrogen-bond acceptors (Lipinski definition) is 2. The summed E-state index contributed by atoms with van der Waals surface area (Å²) in [7, 11) is 0. The number of carbonyl (C=O) groups is 1. The quantitative estimate of drug-likeness (QED) is 0.700. The topological polar surface area (TPSA) is 55.1 Å². The van der Waals surface area contributed by atoms with Crippen molar-refractivity contribution >= 4 is 5.91 Å². The average molecular weight is 254 g/mol. The standard InChI is InChI=1S/C15H30N2O/c1-15(2,10-11-16)9-7-14(18)17-12-8-13-5-3-4-6-13/h13H,3-12,16H2,1-2H3,(H,17,18). The van der Waals surface area contributed by atoms with E-state index < -0.39 is 0 Å². The highest BCUT2D eigenvalue weighted by Crippen LogP contribution is 2.27. The highest BCUT2D eigenvalue weighted by atomic mass is 16.1. The van der Waals surface area contributed by atoms with Crippen LogP contribution in [0.4, 0.5) is 0 Å². The van der Waals surface area contributed by atoms with Gasteiger partial charge in [-0.15, -0.1) is 0 Å². The summed E-state index contributed by atoms with van der Waals surface area (Å²) in [4.78, 5) is 11.7. The van der Waals surface area contributed by atoms with E-state index in [4.69, 9.17) is 5.73 Å². The molecule has 1 amide bonds. The van der Waals surface area contributed by atoms with Gasteiger partial charge < -0.3 is 11.1 Å². The average Bonchev–Trinajstić information content (AvgIpc) is 2.79. The Morgan fingerprint density at radius 1 is 1.28 bits per heavy atom. The van der Waals surface area contributed by atoms with Gasteiger partial charge in [0, 0.05) is 13.0 Å². The van der Waals surface area contributed by atoms with Gasteiger partial charge in [0.25, 0.3) is 0 Å². The van der Waals surface area contributed by atoms with Crippen molar-refractivity contribution in [1.29, 1.82) is 0 Å². The molecule has 3 heteroatoms. The van der Waals surface area contributed by atoms with Crippen molar-refractivity contribution in [3.05, 3.63) is 0 Å². The fourth-order valence-corrected chi connectivity index (χ4v) is 2.77. The first-order valence-corrected chi connectivity index (χ1v) is 7.50. The van der Waals surface area contributed by atoms with Crippen LogP contribution in [0.2, 0.25) is 0 Å². The van der Waals surface area contributed by atoms with Crippen molar-refractivity contribution in [1.82, 2.24) is 5.32 Å². The van der Waals surface area contributed by atoms with E-state index in [-0.39, 0.29) is 11.3 Å². The monoisotopic (exact) mass is 254 g/mol. The van der Waals surface area contributed by atoms with Crippen molar-refractivity contribution in [2.45, 2.75) is 65.2 Å². The zero-order chi connectivity index (χ0) is 13.4. The maximum absolute atomic E-state index is 11.7. The number of amides is 1. The predicted octanol–water partition coefficient (Wildman–Crippen LogP) is 2.84. The molecule has 1 aliphatic rings. The van der Waals surface area contributed by atoms with Gasteiger partial charge in [0.2, 0.25) is 5.91 Å². The van der Waals surface area contributed by atoms with Crippen LogP contribution in [-0.4, -0.2) is 19.0 Å². The Kier molecular flexibility index (Phi) is 6.69. The van der Waals surface area contributed by atoms with E-state index >= 15 is 0 Å². The molecule has 1 aliphatic carbocycles. The van der Waals surface area contributed by atoms with Crippen LogP contribution in [0.15, 0.2) is 0 Å². The van der Waals surface area contributed by atoms with E-state index in [0.29, 0.717) is 13.0 Å². The van der Waals surface area contributed by atoms with Gasteiger partial charge in [-0.25, -0.2) is 0 Å². The zero-order valence-electron chi connectivity index (χ0n) is 12.1. The highest BCUT2D eigenvalue weighted by molar-refractivity contribution is 5.75. The lowest BCUT2D eigenvalue weighted by atomic mass is 9.84. The lowest BCUT2D eigenvalue weighted by Gasteiger charge is -2.23. The zero-order valence-corrected chi connectivity index (χ0v) is 12.1. The van der Waals surface area contributed by atoms with Gasteiger partial charge in [-0.1, -0.05) is 39.5 Å². The molecule has 3 nitrogen and oxygen atoms in total. The summed E-state index contributed by atoms with van der Waals surface area (Å²) in [6, 6.07) is 0. The Labute approximate surface area is 112 Å². The Hall–Kier alpha value is -0.570. The maximum atomic E-state index is 11.7. The molecular formula is C15H30N2O. The van der Waals surface area contributed by atoms with Crippen LogP contribution in [0.1, 0.15) is 65.2 Å².